The van der Waals surface area contributed by atoms with Crippen molar-refractivity contribution in [1.82, 2.24) is 9.71 Å². The summed E-state index contributed by atoms with van der Waals surface area (Å²) in [5.41, 5.74) is 1.02. The molecule has 0 radical (unpaired) electrons. The summed E-state index contributed by atoms with van der Waals surface area (Å²) in [6.45, 7) is 10.9. The molecule has 1 aromatic heterocycles. The van der Waals surface area contributed by atoms with Gasteiger partial charge in [0, 0.05) is 18.3 Å². The van der Waals surface area contributed by atoms with Crippen LogP contribution in [0.15, 0.2) is 24.4 Å². The SMILES string of the molecule is CC(C)C.CC1(C)OCC(C(Cc2ccccn2)NS)O1. The fraction of sp³-hybridized carbons (Fsp3) is 0.688. The fourth-order valence-corrected chi connectivity index (χ4v) is 2.18. The van der Waals surface area contributed by atoms with E-state index < -0.39 is 5.79 Å². The van der Waals surface area contributed by atoms with Crippen LogP contribution in [0.4, 0.5) is 0 Å². The van der Waals surface area contributed by atoms with Crippen molar-refractivity contribution in [2.24, 2.45) is 5.92 Å². The van der Waals surface area contributed by atoms with E-state index in [2.05, 4.69) is 43.3 Å². The van der Waals surface area contributed by atoms with Crippen LogP contribution in [0, 0.1) is 5.92 Å². The molecule has 1 aliphatic rings. The predicted octanol–water partition coefficient (Wildman–Crippen LogP) is 3.24. The van der Waals surface area contributed by atoms with Gasteiger partial charge in [-0.15, -0.1) is 0 Å². The molecule has 21 heavy (non-hydrogen) atoms. The van der Waals surface area contributed by atoms with E-state index in [0.29, 0.717) is 6.61 Å². The average molecular weight is 312 g/mol. The van der Waals surface area contributed by atoms with E-state index >= 15 is 0 Å². The maximum Gasteiger partial charge on any atom is 0.163 e. The Balaban J connectivity index is 0.000000491. The first kappa shape index (κ1) is 18.4. The van der Waals surface area contributed by atoms with Crippen molar-refractivity contribution in [3.05, 3.63) is 30.1 Å². The molecule has 2 heterocycles. The highest BCUT2D eigenvalue weighted by Gasteiger charge is 2.37. The quantitative estimate of drug-likeness (QED) is 0.838. The minimum Gasteiger partial charge on any atom is -0.348 e. The molecular formula is C16H28N2O2S. The zero-order valence-electron chi connectivity index (χ0n) is 13.7. The molecule has 2 unspecified atom stereocenters. The van der Waals surface area contributed by atoms with Gasteiger partial charge in [-0.1, -0.05) is 39.7 Å². The molecular weight excluding hydrogens is 284 g/mol. The summed E-state index contributed by atoms with van der Waals surface area (Å²) in [6.07, 6.45) is 2.57. The van der Waals surface area contributed by atoms with Gasteiger partial charge in [-0.3, -0.25) is 9.71 Å². The summed E-state index contributed by atoms with van der Waals surface area (Å²) in [7, 11) is 0. The Bertz CT molecular complexity index is 396. The first-order valence-electron chi connectivity index (χ1n) is 7.45. The molecule has 2 atom stereocenters. The van der Waals surface area contributed by atoms with Crippen molar-refractivity contribution in [3.8, 4) is 0 Å². The normalized spacial score (nSPS) is 21.8. The molecule has 1 N–H and O–H groups in total. The van der Waals surface area contributed by atoms with Crippen LogP contribution in [0.25, 0.3) is 0 Å². The van der Waals surface area contributed by atoms with Crippen molar-refractivity contribution in [2.45, 2.75) is 59.0 Å². The standard InChI is InChI=1S/C12H18N2O2S.C4H10/c1-12(2)15-8-11(16-12)10(14-17)7-9-5-3-4-6-13-9;1-4(2)3/h3-6,10-11,14,17H,7-8H2,1-2H3;4H,1-3H3. The van der Waals surface area contributed by atoms with Gasteiger partial charge in [0.25, 0.3) is 0 Å². The van der Waals surface area contributed by atoms with Crippen LogP contribution < -0.4 is 4.72 Å². The molecule has 2 rings (SSSR count). The number of nitrogens with zero attached hydrogens (tertiary/aromatic N) is 1. The zero-order valence-corrected chi connectivity index (χ0v) is 14.6. The van der Waals surface area contributed by atoms with Gasteiger partial charge in [0.05, 0.1) is 12.6 Å². The van der Waals surface area contributed by atoms with E-state index in [1.165, 1.54) is 0 Å². The largest absolute Gasteiger partial charge is 0.348 e. The second-order valence-corrected chi connectivity index (χ2v) is 6.62. The van der Waals surface area contributed by atoms with Gasteiger partial charge < -0.3 is 9.47 Å². The number of rotatable bonds is 4. The first-order chi connectivity index (χ1) is 9.84. The second-order valence-electron chi connectivity index (χ2n) is 6.36. The smallest absolute Gasteiger partial charge is 0.163 e. The summed E-state index contributed by atoms with van der Waals surface area (Å²) in [5, 5.41) is 0. The van der Waals surface area contributed by atoms with Crippen LogP contribution in [0.3, 0.4) is 0 Å². The molecule has 120 valence electrons. The van der Waals surface area contributed by atoms with Gasteiger partial charge in [-0.05, 0) is 31.9 Å². The monoisotopic (exact) mass is 312 g/mol. The molecule has 0 aromatic carbocycles. The zero-order chi connectivity index (χ0) is 15.9. The highest BCUT2D eigenvalue weighted by atomic mass is 32.1. The van der Waals surface area contributed by atoms with Gasteiger partial charge >= 0.3 is 0 Å². The van der Waals surface area contributed by atoms with Gasteiger partial charge in [0.2, 0.25) is 0 Å². The van der Waals surface area contributed by atoms with E-state index in [9.17, 15) is 0 Å². The number of nitrogens with one attached hydrogen (secondary N) is 1. The highest BCUT2D eigenvalue weighted by molar-refractivity contribution is 7.78. The summed E-state index contributed by atoms with van der Waals surface area (Å²) < 4.78 is 14.3. The minimum absolute atomic E-state index is 0.00417. The Hall–Kier alpha value is -0.620. The lowest BCUT2D eigenvalue weighted by Crippen LogP contribution is -2.39. The lowest BCUT2D eigenvalue weighted by atomic mass is 10.1. The number of pyridine rings is 1. The van der Waals surface area contributed by atoms with Crippen LogP contribution >= 0.6 is 12.8 Å². The maximum atomic E-state index is 5.81. The first-order valence-corrected chi connectivity index (χ1v) is 7.90. The number of hydrogen-bond donors (Lipinski definition) is 2. The molecule has 0 spiro atoms. The van der Waals surface area contributed by atoms with Crippen LogP contribution in [0.1, 0.15) is 40.3 Å². The van der Waals surface area contributed by atoms with Crippen molar-refractivity contribution in [2.75, 3.05) is 6.61 Å². The summed E-state index contributed by atoms with van der Waals surface area (Å²) in [6, 6.07) is 5.98. The van der Waals surface area contributed by atoms with E-state index in [-0.39, 0.29) is 12.1 Å². The Morgan fingerprint density at radius 1 is 1.38 bits per heavy atom. The molecule has 0 aliphatic carbocycles. The molecule has 1 fully saturated rings. The Morgan fingerprint density at radius 2 is 2.05 bits per heavy atom. The van der Waals surface area contributed by atoms with Crippen LogP contribution in [-0.2, 0) is 15.9 Å². The molecule has 1 aliphatic heterocycles. The van der Waals surface area contributed by atoms with Crippen molar-refractivity contribution >= 4 is 12.8 Å². The van der Waals surface area contributed by atoms with E-state index in [4.69, 9.17) is 9.47 Å². The lowest BCUT2D eigenvalue weighted by Gasteiger charge is -2.23. The van der Waals surface area contributed by atoms with E-state index in [1.807, 2.05) is 32.0 Å². The molecule has 5 heteroatoms. The molecule has 1 saturated heterocycles. The third-order valence-corrected chi connectivity index (χ3v) is 3.13. The summed E-state index contributed by atoms with van der Waals surface area (Å²) in [4.78, 5) is 4.30. The van der Waals surface area contributed by atoms with Gasteiger partial charge in [0.15, 0.2) is 5.79 Å². The summed E-state index contributed by atoms with van der Waals surface area (Å²) >= 11 is 4.16. The van der Waals surface area contributed by atoms with Crippen LogP contribution in [-0.4, -0.2) is 29.5 Å². The van der Waals surface area contributed by atoms with Crippen LogP contribution in [0.2, 0.25) is 0 Å². The number of ether oxygens (including phenoxy) is 2. The molecule has 0 saturated carbocycles. The topological polar surface area (TPSA) is 43.4 Å². The molecule has 0 amide bonds. The fourth-order valence-electron chi connectivity index (χ4n) is 1.92. The number of hydrogen-bond acceptors (Lipinski definition) is 5. The Labute approximate surface area is 134 Å². The third-order valence-electron chi connectivity index (χ3n) is 2.80. The number of thiol groups is 1. The van der Waals surface area contributed by atoms with Gasteiger partial charge in [-0.2, -0.15) is 0 Å². The highest BCUT2D eigenvalue weighted by Crippen LogP contribution is 2.25. The number of aromatic nitrogens is 1. The van der Waals surface area contributed by atoms with E-state index in [1.54, 1.807) is 6.20 Å². The Kier molecular flexibility index (Phi) is 7.66. The lowest BCUT2D eigenvalue weighted by molar-refractivity contribution is -0.140. The van der Waals surface area contributed by atoms with Crippen molar-refractivity contribution < 1.29 is 9.47 Å². The summed E-state index contributed by atoms with van der Waals surface area (Å²) in [5.74, 6) is 0.331. The molecule has 0 bridgehead atoms. The third kappa shape index (κ3) is 7.27. The Morgan fingerprint density at radius 3 is 2.48 bits per heavy atom. The minimum atomic E-state index is -0.502. The second kappa shape index (κ2) is 8.73. The van der Waals surface area contributed by atoms with Gasteiger partial charge in [-0.25, -0.2) is 0 Å². The van der Waals surface area contributed by atoms with Gasteiger partial charge in [0.1, 0.15) is 6.10 Å². The maximum absolute atomic E-state index is 5.81. The van der Waals surface area contributed by atoms with Crippen molar-refractivity contribution in [3.63, 3.8) is 0 Å². The van der Waals surface area contributed by atoms with Crippen molar-refractivity contribution in [1.29, 1.82) is 0 Å². The average Bonchev–Trinajstić information content (AvgIpc) is 2.77. The van der Waals surface area contributed by atoms with E-state index in [0.717, 1.165) is 18.0 Å². The molecule has 4 nitrogen and oxygen atoms in total. The molecule has 1 aromatic rings. The predicted molar refractivity (Wildman–Crippen MR) is 89.3 cm³/mol. The van der Waals surface area contributed by atoms with Crippen LogP contribution in [0.5, 0.6) is 0 Å².